The number of β-amino-alcohol motifs (C(OH)–C–C–N with tert-alkyl or cyclic N) is 1. The third-order valence-corrected chi connectivity index (χ3v) is 6.20. The highest BCUT2D eigenvalue weighted by Gasteiger charge is 2.46. The monoisotopic (exact) mass is 505 g/mol. The van der Waals surface area contributed by atoms with E-state index in [4.69, 9.17) is 0 Å². The summed E-state index contributed by atoms with van der Waals surface area (Å²) in [4.78, 5) is 14.5. The second kappa shape index (κ2) is 7.88. The lowest BCUT2D eigenvalue weighted by Crippen LogP contribution is -2.69. The average Bonchev–Trinajstić information content (AvgIpc) is 3.00. The number of aliphatic hydroxyl groups is 1. The minimum absolute atomic E-state index is 0.0231. The Kier molecular flexibility index (Phi) is 6.10. The Labute approximate surface area is 177 Å². The third kappa shape index (κ3) is 5.16. The molecule has 1 aromatic rings. The van der Waals surface area contributed by atoms with Gasteiger partial charge in [0.2, 0.25) is 5.91 Å². The van der Waals surface area contributed by atoms with E-state index < -0.39 is 5.60 Å². The number of carbonyl (C=O) groups is 1. The molecule has 1 fully saturated rings. The zero-order valence-corrected chi connectivity index (χ0v) is 18.7. The van der Waals surface area contributed by atoms with Gasteiger partial charge in [0.25, 0.3) is 0 Å². The highest BCUT2D eigenvalue weighted by Crippen LogP contribution is 2.34. The van der Waals surface area contributed by atoms with Gasteiger partial charge in [-0.05, 0) is 67.0 Å². The Hall–Kier alpha value is -0.840. The van der Waals surface area contributed by atoms with Gasteiger partial charge in [-0.1, -0.05) is 0 Å². The maximum Gasteiger partial charge on any atom is 0.232 e. The van der Waals surface area contributed by atoms with E-state index >= 15 is 0 Å². The normalized spacial score (nSPS) is 21.6. The van der Waals surface area contributed by atoms with Crippen LogP contribution in [0.3, 0.4) is 0 Å². The van der Waals surface area contributed by atoms with Gasteiger partial charge in [0.15, 0.2) is 0 Å². The molecule has 0 saturated carbocycles. The first-order valence-corrected chi connectivity index (χ1v) is 11.0. The Morgan fingerprint density at radius 1 is 1.44 bits per heavy atom. The highest BCUT2D eigenvalue weighted by atomic mass is 127. The van der Waals surface area contributed by atoms with Crippen LogP contribution in [0.4, 0.5) is 10.1 Å². The molecule has 0 spiro atoms. The van der Waals surface area contributed by atoms with Crippen LogP contribution in [0.25, 0.3) is 0 Å². The lowest BCUT2D eigenvalue weighted by atomic mass is 9.91. The number of anilines is 1. The molecule has 3 rings (SSSR count). The zero-order valence-electron chi connectivity index (χ0n) is 15.7. The molecule has 0 aliphatic carbocycles. The van der Waals surface area contributed by atoms with Crippen LogP contribution in [0.15, 0.2) is 29.3 Å². The van der Waals surface area contributed by atoms with Gasteiger partial charge in [-0.3, -0.25) is 4.79 Å². The molecule has 8 heteroatoms. The van der Waals surface area contributed by atoms with Crippen molar-refractivity contribution in [2.45, 2.75) is 31.9 Å². The molecule has 27 heavy (non-hydrogen) atoms. The fourth-order valence-corrected chi connectivity index (χ4v) is 4.52. The van der Waals surface area contributed by atoms with Crippen LogP contribution in [0.2, 0.25) is 0 Å². The van der Waals surface area contributed by atoms with Gasteiger partial charge in [-0.15, -0.1) is 11.8 Å². The summed E-state index contributed by atoms with van der Waals surface area (Å²) in [6, 6.07) is 4.96. The van der Waals surface area contributed by atoms with E-state index in [-0.39, 0.29) is 23.2 Å². The molecule has 0 radical (unpaired) electrons. The van der Waals surface area contributed by atoms with Gasteiger partial charge in [0.05, 0.1) is 24.7 Å². The van der Waals surface area contributed by atoms with Crippen molar-refractivity contribution in [3.8, 4) is 0 Å². The topological polar surface area (TPSA) is 64.6 Å². The number of nitrogens with zero attached hydrogens (tertiary/aromatic N) is 1. The number of halogens is 2. The predicted octanol–water partition coefficient (Wildman–Crippen LogP) is 3.01. The SMILES string of the molecule is CC(C)(C)NCC1(O)CN(C(=O)C2CSC=C2Nc2ccc(I)cc2F)C1. The molecule has 2 aliphatic heterocycles. The number of amides is 1. The number of hydrogen-bond acceptors (Lipinski definition) is 5. The molecule has 0 bridgehead atoms. The van der Waals surface area contributed by atoms with E-state index in [0.717, 1.165) is 3.57 Å². The second-order valence-corrected chi connectivity index (χ2v) is 10.4. The number of thioether (sulfide) groups is 1. The van der Waals surface area contributed by atoms with Crippen LogP contribution in [0.5, 0.6) is 0 Å². The summed E-state index contributed by atoms with van der Waals surface area (Å²) in [7, 11) is 0. The Bertz CT molecular complexity index is 760. The molecule has 5 nitrogen and oxygen atoms in total. The van der Waals surface area contributed by atoms with Gasteiger partial charge < -0.3 is 20.6 Å². The van der Waals surface area contributed by atoms with E-state index in [1.165, 1.54) is 6.07 Å². The minimum atomic E-state index is -0.881. The van der Waals surface area contributed by atoms with Gasteiger partial charge >= 0.3 is 0 Å². The lowest BCUT2D eigenvalue weighted by molar-refractivity contribution is -0.157. The number of likely N-dealkylation sites (tertiary alicyclic amines) is 1. The number of nitrogens with one attached hydrogen (secondary N) is 2. The largest absolute Gasteiger partial charge is 0.385 e. The first-order valence-electron chi connectivity index (χ1n) is 8.86. The fourth-order valence-electron chi connectivity index (χ4n) is 3.06. The second-order valence-electron chi connectivity index (χ2n) is 8.23. The van der Waals surface area contributed by atoms with Crippen LogP contribution < -0.4 is 10.6 Å². The van der Waals surface area contributed by atoms with Crippen LogP contribution in [-0.2, 0) is 4.79 Å². The number of rotatable bonds is 5. The molecule has 1 saturated heterocycles. The van der Waals surface area contributed by atoms with Crippen molar-refractivity contribution in [2.75, 3.05) is 30.7 Å². The summed E-state index contributed by atoms with van der Waals surface area (Å²) in [5.41, 5.74) is 0.123. The molecule has 1 unspecified atom stereocenters. The minimum Gasteiger partial charge on any atom is -0.385 e. The maximum absolute atomic E-state index is 14.1. The number of benzene rings is 1. The molecule has 2 aliphatic rings. The molecular formula is C19H25FIN3O2S. The summed E-state index contributed by atoms with van der Waals surface area (Å²) < 4.78 is 14.9. The molecule has 1 atom stereocenters. The molecular weight excluding hydrogens is 480 g/mol. The summed E-state index contributed by atoms with van der Waals surface area (Å²) >= 11 is 3.60. The first kappa shape index (κ1) is 20.9. The van der Waals surface area contributed by atoms with Crippen LogP contribution in [0.1, 0.15) is 20.8 Å². The van der Waals surface area contributed by atoms with Crippen molar-refractivity contribution in [1.29, 1.82) is 0 Å². The predicted molar refractivity (Wildman–Crippen MR) is 116 cm³/mol. The van der Waals surface area contributed by atoms with Crippen molar-refractivity contribution in [2.24, 2.45) is 5.92 Å². The van der Waals surface area contributed by atoms with Crippen molar-refractivity contribution < 1.29 is 14.3 Å². The Balaban J connectivity index is 1.58. The summed E-state index contributed by atoms with van der Waals surface area (Å²) in [5.74, 6) is -0.0705. The fraction of sp³-hybridized carbons (Fsp3) is 0.526. The summed E-state index contributed by atoms with van der Waals surface area (Å²) in [5, 5.41) is 18.8. The highest BCUT2D eigenvalue weighted by molar-refractivity contribution is 14.1. The molecule has 0 aromatic heterocycles. The molecule has 1 aromatic carbocycles. The quantitative estimate of drug-likeness (QED) is 0.538. The van der Waals surface area contributed by atoms with Crippen molar-refractivity contribution in [1.82, 2.24) is 10.2 Å². The van der Waals surface area contributed by atoms with Gasteiger partial charge in [0.1, 0.15) is 11.4 Å². The summed E-state index contributed by atoms with van der Waals surface area (Å²) in [6.45, 7) is 7.22. The van der Waals surface area contributed by atoms with Crippen LogP contribution in [0, 0.1) is 15.3 Å². The van der Waals surface area contributed by atoms with E-state index in [2.05, 4.69) is 33.2 Å². The molecule has 1 amide bonds. The van der Waals surface area contributed by atoms with E-state index in [9.17, 15) is 14.3 Å². The molecule has 148 valence electrons. The van der Waals surface area contributed by atoms with Crippen LogP contribution in [-0.4, -0.2) is 52.4 Å². The van der Waals surface area contributed by atoms with E-state index in [1.54, 1.807) is 22.7 Å². The third-order valence-electron chi connectivity index (χ3n) is 4.59. The maximum atomic E-state index is 14.1. The first-order chi connectivity index (χ1) is 12.6. The molecule has 3 N–H and O–H groups in total. The van der Waals surface area contributed by atoms with Crippen LogP contribution >= 0.6 is 34.4 Å². The van der Waals surface area contributed by atoms with Gasteiger partial charge in [0, 0.05) is 27.1 Å². The van der Waals surface area contributed by atoms with Gasteiger partial charge in [-0.2, -0.15) is 0 Å². The smallest absolute Gasteiger partial charge is 0.232 e. The van der Waals surface area contributed by atoms with Crippen molar-refractivity contribution in [3.05, 3.63) is 38.7 Å². The Morgan fingerprint density at radius 2 is 2.15 bits per heavy atom. The zero-order chi connectivity index (χ0) is 19.8. The lowest BCUT2D eigenvalue weighted by Gasteiger charge is -2.48. The Morgan fingerprint density at radius 3 is 2.78 bits per heavy atom. The van der Waals surface area contributed by atoms with E-state index in [1.807, 2.05) is 32.2 Å². The van der Waals surface area contributed by atoms with Gasteiger partial charge in [-0.25, -0.2) is 4.39 Å². The average molecular weight is 505 g/mol. The standard InChI is InChI=1S/C19H25FIN3O2S/c1-18(2,3)22-9-19(26)10-24(11-19)17(25)13-7-27-8-16(13)23-15-5-4-12(21)6-14(15)20/h4-6,8,13,22-23,26H,7,9-11H2,1-3H3. The summed E-state index contributed by atoms with van der Waals surface area (Å²) in [6.07, 6.45) is 0. The van der Waals surface area contributed by atoms with E-state index in [0.29, 0.717) is 36.8 Å². The number of carbonyl (C=O) groups excluding carboxylic acids is 1. The molecule has 2 heterocycles. The van der Waals surface area contributed by atoms with Crippen molar-refractivity contribution >= 4 is 45.9 Å². The van der Waals surface area contributed by atoms with Crippen molar-refractivity contribution in [3.63, 3.8) is 0 Å². The number of hydrogen-bond donors (Lipinski definition) is 3.